The van der Waals surface area contributed by atoms with Gasteiger partial charge in [0.25, 0.3) is 11.8 Å². The number of rotatable bonds is 5. The van der Waals surface area contributed by atoms with E-state index in [1.165, 1.54) is 18.2 Å². The first-order valence-corrected chi connectivity index (χ1v) is 10.4. The molecule has 3 rings (SSSR count). The lowest BCUT2D eigenvalue weighted by Crippen LogP contribution is -2.25. The number of nitrogens with zero attached hydrogens (tertiary/aromatic N) is 1. The minimum Gasteiger partial charge on any atom is -0.346 e. The summed E-state index contributed by atoms with van der Waals surface area (Å²) in [6.07, 6.45) is 0. The number of hydrogen-bond acceptors (Lipinski definition) is 4. The standard InChI is InChI=1S/C23H24FN3O2S/c1-14-8-7-10-17(19(14)27-21(29)16-9-5-6-11-18(16)24)20(28)25-12-15-13-30-22(26-15)23(2,3)4/h5-11,13H,12H2,1-4H3,(H,25,28)(H,27,29). The maximum absolute atomic E-state index is 14.0. The van der Waals surface area contributed by atoms with E-state index in [9.17, 15) is 14.0 Å². The van der Waals surface area contributed by atoms with Gasteiger partial charge in [-0.1, -0.05) is 45.0 Å². The summed E-state index contributed by atoms with van der Waals surface area (Å²) in [6, 6.07) is 10.9. The number of carbonyl (C=O) groups is 2. The maximum Gasteiger partial charge on any atom is 0.258 e. The van der Waals surface area contributed by atoms with Crippen molar-refractivity contribution in [3.05, 3.63) is 81.1 Å². The molecule has 2 aromatic carbocycles. The molecular formula is C23H24FN3O2S. The third-order valence-electron chi connectivity index (χ3n) is 4.50. The van der Waals surface area contributed by atoms with Crippen molar-refractivity contribution in [2.45, 2.75) is 39.7 Å². The highest BCUT2D eigenvalue weighted by Gasteiger charge is 2.20. The quantitative estimate of drug-likeness (QED) is 0.599. The fourth-order valence-corrected chi connectivity index (χ4v) is 3.76. The molecule has 5 nitrogen and oxygen atoms in total. The van der Waals surface area contributed by atoms with Crippen molar-refractivity contribution in [1.29, 1.82) is 0 Å². The number of aryl methyl sites for hydroxylation is 1. The van der Waals surface area contributed by atoms with Gasteiger partial charge < -0.3 is 10.6 Å². The van der Waals surface area contributed by atoms with Crippen LogP contribution < -0.4 is 10.6 Å². The predicted molar refractivity (Wildman–Crippen MR) is 118 cm³/mol. The van der Waals surface area contributed by atoms with Crippen molar-refractivity contribution in [2.75, 3.05) is 5.32 Å². The molecule has 0 atom stereocenters. The summed E-state index contributed by atoms with van der Waals surface area (Å²) >= 11 is 1.56. The van der Waals surface area contributed by atoms with E-state index in [-0.39, 0.29) is 23.4 Å². The molecule has 0 aliphatic carbocycles. The Kier molecular flexibility index (Phi) is 6.31. The van der Waals surface area contributed by atoms with Crippen LogP contribution in [0.2, 0.25) is 0 Å². The molecule has 3 aromatic rings. The van der Waals surface area contributed by atoms with Gasteiger partial charge in [0.15, 0.2) is 0 Å². The smallest absolute Gasteiger partial charge is 0.258 e. The fraction of sp³-hybridized carbons (Fsp3) is 0.261. The number of para-hydroxylation sites is 1. The van der Waals surface area contributed by atoms with Crippen LogP contribution in [0.25, 0.3) is 0 Å². The Labute approximate surface area is 179 Å². The molecule has 0 saturated heterocycles. The molecule has 0 radical (unpaired) electrons. The second kappa shape index (κ2) is 8.75. The molecule has 1 aromatic heterocycles. The van der Waals surface area contributed by atoms with E-state index in [1.54, 1.807) is 42.5 Å². The van der Waals surface area contributed by atoms with Crippen LogP contribution in [0.5, 0.6) is 0 Å². The van der Waals surface area contributed by atoms with Crippen molar-refractivity contribution in [1.82, 2.24) is 10.3 Å². The number of amides is 2. The molecule has 2 N–H and O–H groups in total. The highest BCUT2D eigenvalue weighted by molar-refractivity contribution is 7.09. The second-order valence-electron chi connectivity index (χ2n) is 8.01. The summed E-state index contributed by atoms with van der Waals surface area (Å²) in [7, 11) is 0. The van der Waals surface area contributed by atoms with Gasteiger partial charge in [-0.05, 0) is 30.7 Å². The first-order valence-electron chi connectivity index (χ1n) is 9.55. The molecule has 0 aliphatic heterocycles. The molecule has 156 valence electrons. The molecular weight excluding hydrogens is 401 g/mol. The van der Waals surface area contributed by atoms with Crippen LogP contribution in [0.15, 0.2) is 47.8 Å². The van der Waals surface area contributed by atoms with Gasteiger partial charge in [-0.3, -0.25) is 9.59 Å². The molecule has 2 amide bonds. The van der Waals surface area contributed by atoms with E-state index in [1.807, 2.05) is 5.38 Å². The Bertz CT molecular complexity index is 1090. The predicted octanol–water partition coefficient (Wildman–Crippen LogP) is 5.07. The van der Waals surface area contributed by atoms with Gasteiger partial charge >= 0.3 is 0 Å². The third kappa shape index (κ3) is 4.91. The van der Waals surface area contributed by atoms with Crippen molar-refractivity contribution < 1.29 is 14.0 Å². The average Bonchev–Trinajstić information content (AvgIpc) is 3.17. The summed E-state index contributed by atoms with van der Waals surface area (Å²) in [5, 5.41) is 8.47. The number of benzene rings is 2. The van der Waals surface area contributed by atoms with Crippen molar-refractivity contribution in [3.8, 4) is 0 Å². The van der Waals surface area contributed by atoms with Gasteiger partial charge in [0.1, 0.15) is 5.82 Å². The van der Waals surface area contributed by atoms with Crippen LogP contribution in [0.4, 0.5) is 10.1 Å². The van der Waals surface area contributed by atoms with E-state index >= 15 is 0 Å². The zero-order chi connectivity index (χ0) is 21.9. The SMILES string of the molecule is Cc1cccc(C(=O)NCc2csc(C(C)(C)C)n2)c1NC(=O)c1ccccc1F. The molecule has 0 fully saturated rings. The van der Waals surface area contributed by atoms with Gasteiger partial charge in [-0.15, -0.1) is 11.3 Å². The molecule has 0 aliphatic rings. The summed E-state index contributed by atoms with van der Waals surface area (Å²) in [4.78, 5) is 29.9. The monoisotopic (exact) mass is 425 g/mol. The lowest BCUT2D eigenvalue weighted by Gasteiger charge is -2.14. The van der Waals surface area contributed by atoms with E-state index in [0.29, 0.717) is 16.8 Å². The number of anilines is 1. The molecule has 30 heavy (non-hydrogen) atoms. The number of nitrogens with one attached hydrogen (secondary N) is 2. The van der Waals surface area contributed by atoms with Crippen molar-refractivity contribution in [3.63, 3.8) is 0 Å². The third-order valence-corrected chi connectivity index (χ3v) is 5.81. The largest absolute Gasteiger partial charge is 0.346 e. The zero-order valence-electron chi connectivity index (χ0n) is 17.4. The van der Waals surface area contributed by atoms with Gasteiger partial charge in [-0.25, -0.2) is 9.37 Å². The number of halogens is 1. The minimum absolute atomic E-state index is 0.0480. The lowest BCUT2D eigenvalue weighted by molar-refractivity contribution is 0.0951. The Morgan fingerprint density at radius 1 is 1.03 bits per heavy atom. The number of carbonyl (C=O) groups excluding carboxylic acids is 2. The molecule has 0 spiro atoms. The van der Waals surface area contributed by atoms with Crippen molar-refractivity contribution in [2.24, 2.45) is 0 Å². The summed E-state index contributed by atoms with van der Waals surface area (Å²) in [5.41, 5.74) is 2.03. The molecule has 0 saturated carbocycles. The molecule has 7 heteroatoms. The fourth-order valence-electron chi connectivity index (χ4n) is 2.85. The Hall–Kier alpha value is -3.06. The van der Waals surface area contributed by atoms with Crippen LogP contribution in [-0.2, 0) is 12.0 Å². The van der Waals surface area contributed by atoms with Crippen LogP contribution in [-0.4, -0.2) is 16.8 Å². The van der Waals surface area contributed by atoms with E-state index < -0.39 is 11.7 Å². The first-order chi connectivity index (χ1) is 14.2. The Morgan fingerprint density at radius 2 is 1.73 bits per heavy atom. The van der Waals surface area contributed by atoms with E-state index in [0.717, 1.165) is 10.7 Å². The molecule has 1 heterocycles. The highest BCUT2D eigenvalue weighted by Crippen LogP contribution is 2.26. The normalized spacial score (nSPS) is 11.2. The molecule has 0 bridgehead atoms. The van der Waals surface area contributed by atoms with Gasteiger partial charge in [0, 0.05) is 10.8 Å². The van der Waals surface area contributed by atoms with Crippen LogP contribution in [0.1, 0.15) is 57.8 Å². The molecule has 0 unspecified atom stereocenters. The van der Waals surface area contributed by atoms with Crippen LogP contribution in [0.3, 0.4) is 0 Å². The Balaban J connectivity index is 1.77. The summed E-state index contributed by atoms with van der Waals surface area (Å²) in [5.74, 6) is -1.56. The van der Waals surface area contributed by atoms with Gasteiger partial charge in [0.2, 0.25) is 0 Å². The number of thiazole rings is 1. The maximum atomic E-state index is 14.0. The highest BCUT2D eigenvalue weighted by atomic mass is 32.1. The Morgan fingerprint density at radius 3 is 2.40 bits per heavy atom. The first kappa shape index (κ1) is 21.6. The van der Waals surface area contributed by atoms with E-state index in [2.05, 4.69) is 36.4 Å². The number of aromatic nitrogens is 1. The summed E-state index contributed by atoms with van der Waals surface area (Å²) < 4.78 is 14.0. The van der Waals surface area contributed by atoms with E-state index in [4.69, 9.17) is 0 Å². The average molecular weight is 426 g/mol. The van der Waals surface area contributed by atoms with Gasteiger partial charge in [-0.2, -0.15) is 0 Å². The lowest BCUT2D eigenvalue weighted by atomic mass is 9.98. The minimum atomic E-state index is -0.618. The topological polar surface area (TPSA) is 71.1 Å². The second-order valence-corrected chi connectivity index (χ2v) is 8.87. The van der Waals surface area contributed by atoms with Crippen molar-refractivity contribution >= 4 is 28.8 Å². The zero-order valence-corrected chi connectivity index (χ0v) is 18.2. The van der Waals surface area contributed by atoms with Gasteiger partial charge in [0.05, 0.1) is 34.1 Å². The van der Waals surface area contributed by atoms with Crippen LogP contribution >= 0.6 is 11.3 Å². The van der Waals surface area contributed by atoms with Crippen LogP contribution in [0, 0.1) is 12.7 Å². The summed E-state index contributed by atoms with van der Waals surface area (Å²) in [6.45, 7) is 8.33. The number of hydrogen-bond donors (Lipinski definition) is 2.